The van der Waals surface area contributed by atoms with Crippen LogP contribution in [-0.2, 0) is 53.8 Å². The first-order valence-electron chi connectivity index (χ1n) is 23.0. The number of likely N-dealkylation sites (N-methyl/N-ethyl adjacent to an activating group) is 2. The number of hydrogen-bond donors (Lipinski definition) is 2. The molecule has 0 aliphatic heterocycles. The summed E-state index contributed by atoms with van der Waals surface area (Å²) < 4.78 is 24.3. The average Bonchev–Trinajstić information content (AvgIpc) is 3.25. The van der Waals surface area contributed by atoms with E-state index in [9.17, 15) is 28.8 Å². The first-order valence-corrected chi connectivity index (χ1v) is 27.7. The topological polar surface area (TPSA) is 170 Å². The van der Waals surface area contributed by atoms with Gasteiger partial charge in [-0.2, -0.15) is 0 Å². The molecule has 0 heterocycles. The molecule has 17 heteroatoms. The second-order valence-electron chi connectivity index (χ2n) is 19.0. The molecule has 0 aliphatic carbocycles. The third kappa shape index (κ3) is 20.7. The van der Waals surface area contributed by atoms with Gasteiger partial charge in [-0.1, -0.05) is 90.8 Å². The molecule has 374 valence electrons. The van der Waals surface area contributed by atoms with Crippen molar-refractivity contribution in [2.24, 2.45) is 11.8 Å². The van der Waals surface area contributed by atoms with Crippen LogP contribution in [0.2, 0.25) is 23.2 Å². The first-order chi connectivity index (χ1) is 30.7. The Hall–Kier alpha value is -3.70. The van der Waals surface area contributed by atoms with E-state index < -0.39 is 68.6 Å². The minimum Gasteiger partial charge on any atom is -0.464 e. The number of hydrogen-bond acceptors (Lipinski definition) is 11. The second kappa shape index (κ2) is 29.2. The number of nitrogens with one attached hydrogen (secondary N) is 2. The van der Waals surface area contributed by atoms with Gasteiger partial charge in [0.2, 0.25) is 17.7 Å². The monoisotopic (exact) mass is 981 g/mol. The zero-order valence-electron chi connectivity index (χ0n) is 42.6. The quantitative estimate of drug-likeness (QED) is 0.0208. The molecule has 14 nitrogen and oxygen atoms in total. The lowest BCUT2D eigenvalue weighted by molar-refractivity contribution is -0.154. The highest BCUT2D eigenvalue weighted by molar-refractivity contribution is 7.98. The molecule has 0 saturated heterocycles. The number of ether oxygens (including phenoxy) is 3. The van der Waals surface area contributed by atoms with Crippen molar-refractivity contribution in [1.82, 2.24) is 20.4 Å². The summed E-state index contributed by atoms with van der Waals surface area (Å²) in [5, 5.41) is 5.67. The Kier molecular flexibility index (Phi) is 26.7. The van der Waals surface area contributed by atoms with Gasteiger partial charge in [-0.25, -0.2) is 4.79 Å². The molecular formula is C49H81ClN4O10SSi. The van der Waals surface area contributed by atoms with Gasteiger partial charge in [0, 0.05) is 37.0 Å². The SMILES string of the molecule is C/C=C(\C)[C@@H](O[Si](C)(C)C(C)(C)C)[C@@H](C)[C@H](C/C=C(\C)C(=O)O[C@H](CC(C)C)C(=O)N[C@H](C)C(=O)N(C)[C@H](Cc1ccc(Cl)cc1)C(=O)N(C)CC(=O)NCC(=O)OCCCC)OCSC. The Labute approximate surface area is 406 Å². The predicted octanol–water partition coefficient (Wildman–Crippen LogP) is 8.12. The lowest BCUT2D eigenvalue weighted by Crippen LogP contribution is -2.56. The maximum Gasteiger partial charge on any atom is 0.334 e. The summed E-state index contributed by atoms with van der Waals surface area (Å²) in [4.78, 5) is 82.7. The first kappa shape index (κ1) is 60.3. The van der Waals surface area contributed by atoms with Crippen LogP contribution in [-0.4, -0.2) is 130 Å². The minimum atomic E-state index is -2.17. The lowest BCUT2D eigenvalue weighted by Gasteiger charge is -2.42. The molecule has 66 heavy (non-hydrogen) atoms. The van der Waals surface area contributed by atoms with Crippen molar-refractivity contribution in [2.75, 3.05) is 46.0 Å². The van der Waals surface area contributed by atoms with E-state index in [0.29, 0.717) is 34.9 Å². The van der Waals surface area contributed by atoms with Crippen LogP contribution in [0, 0.1) is 11.8 Å². The van der Waals surface area contributed by atoms with E-state index >= 15 is 0 Å². The maximum atomic E-state index is 14.0. The number of benzene rings is 1. The van der Waals surface area contributed by atoms with Crippen molar-refractivity contribution in [3.63, 3.8) is 0 Å². The van der Waals surface area contributed by atoms with Crippen LogP contribution in [0.3, 0.4) is 0 Å². The number of rotatable bonds is 28. The van der Waals surface area contributed by atoms with Crippen LogP contribution >= 0.6 is 23.4 Å². The van der Waals surface area contributed by atoms with Crippen LogP contribution in [0.4, 0.5) is 0 Å². The number of halogens is 1. The zero-order chi connectivity index (χ0) is 50.5. The molecule has 6 atom stereocenters. The van der Waals surface area contributed by atoms with E-state index in [0.717, 1.165) is 12.0 Å². The molecule has 1 aromatic carbocycles. The highest BCUT2D eigenvalue weighted by Gasteiger charge is 2.42. The number of amides is 4. The minimum absolute atomic E-state index is 0.000317. The second-order valence-corrected chi connectivity index (χ2v) is 25.0. The van der Waals surface area contributed by atoms with Gasteiger partial charge in [-0.15, -0.1) is 11.8 Å². The maximum absolute atomic E-state index is 14.0. The van der Waals surface area contributed by atoms with E-state index in [2.05, 4.69) is 64.4 Å². The van der Waals surface area contributed by atoms with Crippen molar-refractivity contribution in [3.05, 3.63) is 58.1 Å². The number of unbranched alkanes of at least 4 members (excludes halogenated alkanes) is 1. The predicted molar refractivity (Wildman–Crippen MR) is 267 cm³/mol. The Morgan fingerprint density at radius 2 is 1.59 bits per heavy atom. The van der Waals surface area contributed by atoms with Gasteiger partial charge in [0.25, 0.3) is 5.91 Å². The van der Waals surface area contributed by atoms with Gasteiger partial charge in [0.15, 0.2) is 14.4 Å². The van der Waals surface area contributed by atoms with Gasteiger partial charge in [-0.05, 0) is 101 Å². The molecular weight excluding hydrogens is 900 g/mol. The third-order valence-electron chi connectivity index (χ3n) is 11.9. The van der Waals surface area contributed by atoms with E-state index in [1.165, 1.54) is 30.8 Å². The Bertz CT molecular complexity index is 1800. The standard InChI is InChI=1S/C49H81ClN4O10SSi/c1-17-19-26-61-43(56)29-51-42(55)30-53(12)47(59)39(28-37-21-23-38(50)24-22-37)54(13)46(58)36(8)52-45(57)41(27-32(3)4)63-48(60)34(6)20-25-40(62-31-65-14)35(7)44(33(5)18-2)64-66(15,16)49(9,10)11/h18,20-24,32,35-36,39-41,44H,17,19,25-31H2,1-16H3,(H,51,55)(H,52,57)/b33-18+,34-20+/t35-,36+,39+,40-,41+,44+/m0/s1. The average molecular weight is 982 g/mol. The van der Waals surface area contributed by atoms with Gasteiger partial charge in [0.05, 0.1) is 31.3 Å². The fourth-order valence-electron chi connectivity index (χ4n) is 6.51. The molecule has 0 aliphatic rings. The van der Waals surface area contributed by atoms with E-state index in [4.69, 9.17) is 30.2 Å². The molecule has 0 bridgehead atoms. The number of allylic oxidation sites excluding steroid dienone is 1. The van der Waals surface area contributed by atoms with Crippen LogP contribution in [0.1, 0.15) is 107 Å². The van der Waals surface area contributed by atoms with Crippen molar-refractivity contribution in [3.8, 4) is 0 Å². The molecule has 0 aromatic heterocycles. The molecule has 0 fully saturated rings. The summed E-state index contributed by atoms with van der Waals surface area (Å²) in [5.74, 6) is -3.31. The highest BCUT2D eigenvalue weighted by atomic mass is 35.5. The fraction of sp³-hybridized carbons (Fsp3) is 0.673. The van der Waals surface area contributed by atoms with Gasteiger partial charge in [0.1, 0.15) is 18.6 Å². The number of thioether (sulfide) groups is 1. The highest BCUT2D eigenvalue weighted by Crippen LogP contribution is 2.40. The van der Waals surface area contributed by atoms with Gasteiger partial charge >= 0.3 is 11.9 Å². The summed E-state index contributed by atoms with van der Waals surface area (Å²) >= 11 is 7.69. The van der Waals surface area contributed by atoms with Crippen molar-refractivity contribution < 1.29 is 47.4 Å². The molecule has 4 amide bonds. The van der Waals surface area contributed by atoms with Gasteiger partial charge in [-0.3, -0.25) is 24.0 Å². The zero-order valence-corrected chi connectivity index (χ0v) is 45.2. The Morgan fingerprint density at radius 1 is 0.970 bits per heavy atom. The Morgan fingerprint density at radius 3 is 2.14 bits per heavy atom. The fourth-order valence-corrected chi connectivity index (χ4v) is 8.34. The number of esters is 2. The smallest absolute Gasteiger partial charge is 0.334 e. The van der Waals surface area contributed by atoms with Crippen molar-refractivity contribution in [1.29, 1.82) is 0 Å². The van der Waals surface area contributed by atoms with Crippen LogP contribution in [0.15, 0.2) is 47.6 Å². The molecule has 1 aromatic rings. The molecule has 0 radical (unpaired) electrons. The van der Waals surface area contributed by atoms with Gasteiger partial charge < -0.3 is 39.1 Å². The summed E-state index contributed by atoms with van der Waals surface area (Å²) in [6.07, 6.45) is 6.33. The number of carbonyl (C=O) groups excluding carboxylic acids is 6. The molecule has 2 N–H and O–H groups in total. The summed E-state index contributed by atoms with van der Waals surface area (Å²) in [7, 11) is 0.703. The van der Waals surface area contributed by atoms with Crippen LogP contribution < -0.4 is 10.6 Å². The summed E-state index contributed by atoms with van der Waals surface area (Å²) in [6.45, 7) is 25.7. The largest absolute Gasteiger partial charge is 0.464 e. The van der Waals surface area contributed by atoms with E-state index in [1.54, 1.807) is 49.0 Å². The lowest BCUT2D eigenvalue weighted by atomic mass is 9.90. The van der Waals surface area contributed by atoms with Crippen LogP contribution in [0.5, 0.6) is 0 Å². The van der Waals surface area contributed by atoms with E-state index in [-0.39, 0.29) is 55.1 Å². The molecule has 0 unspecified atom stereocenters. The normalized spacial score (nSPS) is 15.2. The molecule has 0 saturated carbocycles. The third-order valence-corrected chi connectivity index (χ3v) is 17.0. The van der Waals surface area contributed by atoms with E-state index in [1.807, 2.05) is 34.0 Å². The number of carbonyl (C=O) groups is 6. The molecule has 0 spiro atoms. The number of nitrogens with zero attached hydrogens (tertiary/aromatic N) is 2. The van der Waals surface area contributed by atoms with Crippen molar-refractivity contribution >= 4 is 67.2 Å². The Balaban J connectivity index is 3.27. The molecule has 1 rings (SSSR count). The van der Waals surface area contributed by atoms with Crippen LogP contribution in [0.25, 0.3) is 0 Å². The summed E-state index contributed by atoms with van der Waals surface area (Å²) in [5.41, 5.74) is 2.11. The van der Waals surface area contributed by atoms with Crippen molar-refractivity contribution in [2.45, 2.75) is 157 Å². The summed E-state index contributed by atoms with van der Waals surface area (Å²) in [6, 6.07) is 4.55.